The van der Waals surface area contributed by atoms with Gasteiger partial charge < -0.3 is 19.8 Å². The van der Waals surface area contributed by atoms with Crippen LogP contribution >= 0.6 is 0 Å². The summed E-state index contributed by atoms with van der Waals surface area (Å²) in [6.45, 7) is 12.5. The fourth-order valence-corrected chi connectivity index (χ4v) is 9.17. The van der Waals surface area contributed by atoms with Gasteiger partial charge in [-0.25, -0.2) is 10.0 Å². The number of hydrogen-bond donors (Lipinski definition) is 2. The van der Waals surface area contributed by atoms with Gasteiger partial charge >= 0.3 is 0 Å². The molecule has 0 aromatic carbocycles. The van der Waals surface area contributed by atoms with Gasteiger partial charge in [-0.15, -0.1) is 0 Å². The molecule has 0 bridgehead atoms. The largest absolute Gasteiger partial charge is 0.375 e. The summed E-state index contributed by atoms with van der Waals surface area (Å²) in [5.74, 6) is -0.574. The number of aromatic nitrogens is 1. The Balaban J connectivity index is 1.47. The van der Waals surface area contributed by atoms with E-state index in [0.29, 0.717) is 0 Å². The number of piperidine rings is 1. The van der Waals surface area contributed by atoms with Crippen LogP contribution < -0.4 is 5.32 Å². The maximum absolute atomic E-state index is 7.94. The van der Waals surface area contributed by atoms with Crippen molar-refractivity contribution in [3.63, 3.8) is 0 Å². The molecule has 6 saturated heterocycles. The third kappa shape index (κ3) is 5.12. The van der Waals surface area contributed by atoms with Gasteiger partial charge in [-0.3, -0.25) is 14.7 Å². The van der Waals surface area contributed by atoms with Crippen molar-refractivity contribution in [3.05, 3.63) is 24.0 Å². The SMILES string of the molecule is c1c[nH]c(C2CN(N3CCNCC3)C(C3CCCCO3)(N3CCCCCC3)C(N3CCCCC3)(N3CCCC3)O2)c1. The van der Waals surface area contributed by atoms with E-state index in [0.717, 1.165) is 85.0 Å². The molecule has 6 fully saturated rings. The predicted molar refractivity (Wildman–Crippen MR) is 161 cm³/mol. The van der Waals surface area contributed by atoms with E-state index in [1.54, 1.807) is 0 Å². The molecule has 7 rings (SSSR count). The van der Waals surface area contributed by atoms with E-state index in [2.05, 4.69) is 53.3 Å². The van der Waals surface area contributed by atoms with E-state index in [1.165, 1.54) is 76.3 Å². The molecule has 9 nitrogen and oxygen atoms in total. The molecular weight excluding hydrogens is 514 g/mol. The van der Waals surface area contributed by atoms with Crippen LogP contribution in [0.3, 0.4) is 0 Å². The van der Waals surface area contributed by atoms with Gasteiger partial charge in [0.1, 0.15) is 6.10 Å². The monoisotopic (exact) mass is 569 g/mol. The number of aromatic amines is 1. The zero-order valence-electron chi connectivity index (χ0n) is 25.4. The second-order valence-electron chi connectivity index (χ2n) is 13.4. The van der Waals surface area contributed by atoms with E-state index in [9.17, 15) is 0 Å². The summed E-state index contributed by atoms with van der Waals surface area (Å²) in [5, 5.41) is 9.26. The molecule has 4 atom stereocenters. The summed E-state index contributed by atoms with van der Waals surface area (Å²) < 4.78 is 15.0. The maximum atomic E-state index is 7.94. The molecule has 0 radical (unpaired) electrons. The molecule has 1 aromatic rings. The van der Waals surface area contributed by atoms with Crippen LogP contribution in [0.25, 0.3) is 0 Å². The van der Waals surface area contributed by atoms with Crippen molar-refractivity contribution in [3.8, 4) is 0 Å². The Hall–Kier alpha value is -1.04. The van der Waals surface area contributed by atoms with E-state index in [-0.39, 0.29) is 12.2 Å². The first-order valence-electron chi connectivity index (χ1n) is 17.2. The molecule has 0 aliphatic carbocycles. The van der Waals surface area contributed by atoms with E-state index in [4.69, 9.17) is 9.47 Å². The second-order valence-corrected chi connectivity index (χ2v) is 13.4. The first kappa shape index (κ1) is 28.7. The number of ether oxygens (including phenoxy) is 2. The van der Waals surface area contributed by atoms with Gasteiger partial charge in [0.15, 0.2) is 5.66 Å². The van der Waals surface area contributed by atoms with E-state index < -0.39 is 11.5 Å². The zero-order valence-corrected chi connectivity index (χ0v) is 25.4. The number of hydrazine groups is 1. The van der Waals surface area contributed by atoms with Crippen molar-refractivity contribution in [1.82, 2.24) is 35.0 Å². The first-order valence-corrected chi connectivity index (χ1v) is 17.2. The van der Waals surface area contributed by atoms with Gasteiger partial charge in [0.2, 0.25) is 5.85 Å². The molecule has 0 spiro atoms. The van der Waals surface area contributed by atoms with Crippen LogP contribution in [0.5, 0.6) is 0 Å². The molecule has 230 valence electrons. The molecule has 9 heteroatoms. The summed E-state index contributed by atoms with van der Waals surface area (Å²) in [6, 6.07) is 4.40. The molecule has 1 aromatic heterocycles. The zero-order chi connectivity index (χ0) is 27.5. The minimum atomic E-state index is -0.574. The van der Waals surface area contributed by atoms with Crippen LogP contribution in [0, 0.1) is 0 Å². The fraction of sp³-hybridized carbons (Fsp3) is 0.875. The van der Waals surface area contributed by atoms with E-state index >= 15 is 0 Å². The van der Waals surface area contributed by atoms with Crippen molar-refractivity contribution in [2.45, 2.75) is 101 Å². The number of H-pyrrole nitrogens is 1. The number of likely N-dealkylation sites (tertiary alicyclic amines) is 3. The lowest BCUT2D eigenvalue weighted by atomic mass is 9.82. The number of nitrogens with one attached hydrogen (secondary N) is 2. The Morgan fingerprint density at radius 3 is 1.95 bits per heavy atom. The Morgan fingerprint density at radius 1 is 0.707 bits per heavy atom. The number of hydrogen-bond acceptors (Lipinski definition) is 8. The first-order chi connectivity index (χ1) is 20.3. The highest BCUT2D eigenvalue weighted by Gasteiger charge is 2.73. The van der Waals surface area contributed by atoms with Gasteiger partial charge in [0.25, 0.3) is 0 Å². The Bertz CT molecular complexity index is 932. The molecule has 0 saturated carbocycles. The predicted octanol–water partition coefficient (Wildman–Crippen LogP) is 3.59. The Morgan fingerprint density at radius 2 is 1.34 bits per heavy atom. The number of nitrogens with zero attached hydrogens (tertiary/aromatic N) is 5. The van der Waals surface area contributed by atoms with Crippen LogP contribution in [-0.2, 0) is 9.47 Å². The highest BCUT2D eigenvalue weighted by atomic mass is 16.6. The van der Waals surface area contributed by atoms with E-state index in [1.807, 2.05) is 0 Å². The molecular formula is C32H55N7O2. The number of rotatable bonds is 6. The minimum Gasteiger partial charge on any atom is -0.375 e. The van der Waals surface area contributed by atoms with Crippen molar-refractivity contribution in [2.75, 3.05) is 78.6 Å². The van der Waals surface area contributed by atoms with Crippen LogP contribution in [0.1, 0.15) is 88.8 Å². The summed E-state index contributed by atoms with van der Waals surface area (Å²) in [5.41, 5.74) is 0.805. The van der Waals surface area contributed by atoms with Crippen molar-refractivity contribution in [2.24, 2.45) is 0 Å². The minimum absolute atomic E-state index is 0.0221. The fourth-order valence-electron chi connectivity index (χ4n) is 9.17. The smallest absolute Gasteiger partial charge is 0.217 e. The van der Waals surface area contributed by atoms with Crippen LogP contribution in [-0.4, -0.2) is 126 Å². The van der Waals surface area contributed by atoms with Gasteiger partial charge in [0.05, 0.1) is 6.10 Å². The van der Waals surface area contributed by atoms with Crippen molar-refractivity contribution in [1.29, 1.82) is 0 Å². The molecule has 0 amide bonds. The standard InChI is InChI=1S/C32H55N7O2/c1-2-6-19-35(18-5-1)31(30-14-4-11-26-40-30)32(37-22-9-10-23-37,36-20-7-3-8-21-36)41-29(28-13-12-15-34-28)27-39(31)38-24-16-33-17-25-38/h12-13,15,29-30,33-34H,1-11,14,16-27H2. The third-order valence-electron chi connectivity index (χ3n) is 11.0. The van der Waals surface area contributed by atoms with Gasteiger partial charge in [-0.1, -0.05) is 19.3 Å². The van der Waals surface area contributed by atoms with Crippen LogP contribution in [0.15, 0.2) is 18.3 Å². The van der Waals surface area contributed by atoms with Gasteiger partial charge in [-0.05, 0) is 69.9 Å². The normalized spacial score (nSPS) is 38.2. The third-order valence-corrected chi connectivity index (χ3v) is 11.0. The average molecular weight is 570 g/mol. The van der Waals surface area contributed by atoms with Crippen LogP contribution in [0.2, 0.25) is 0 Å². The van der Waals surface area contributed by atoms with Crippen molar-refractivity contribution >= 4 is 0 Å². The molecule has 7 heterocycles. The maximum Gasteiger partial charge on any atom is 0.217 e. The molecule has 6 aliphatic rings. The number of morpholine rings is 1. The Kier molecular flexibility index (Phi) is 9.04. The molecule has 4 unspecified atom stereocenters. The summed E-state index contributed by atoms with van der Waals surface area (Å²) in [7, 11) is 0. The summed E-state index contributed by atoms with van der Waals surface area (Å²) >= 11 is 0. The highest BCUT2D eigenvalue weighted by Crippen LogP contribution is 2.54. The lowest BCUT2D eigenvalue weighted by Crippen LogP contribution is -2.91. The molecule has 2 N–H and O–H groups in total. The molecule has 6 aliphatic heterocycles. The average Bonchev–Trinajstić information content (AvgIpc) is 3.73. The molecule has 41 heavy (non-hydrogen) atoms. The van der Waals surface area contributed by atoms with Gasteiger partial charge in [0, 0.05) is 90.5 Å². The lowest BCUT2D eigenvalue weighted by molar-refractivity contribution is -0.436. The Labute approximate surface area is 247 Å². The van der Waals surface area contributed by atoms with Gasteiger partial charge in [-0.2, -0.15) is 0 Å². The second kappa shape index (κ2) is 12.9. The highest BCUT2D eigenvalue weighted by molar-refractivity contribution is 5.19. The van der Waals surface area contributed by atoms with Crippen molar-refractivity contribution < 1.29 is 9.47 Å². The number of piperazine rings is 1. The quantitative estimate of drug-likeness (QED) is 0.539. The lowest BCUT2D eigenvalue weighted by Gasteiger charge is -2.71. The summed E-state index contributed by atoms with van der Waals surface area (Å²) in [4.78, 5) is 12.2. The topological polar surface area (TPSA) is 62.5 Å². The summed E-state index contributed by atoms with van der Waals surface area (Å²) in [6.07, 6.45) is 17.2. The van der Waals surface area contributed by atoms with Crippen LogP contribution in [0.4, 0.5) is 0 Å².